The summed E-state index contributed by atoms with van der Waals surface area (Å²) in [5, 5.41) is 14.8. The van der Waals surface area contributed by atoms with Gasteiger partial charge in [-0.1, -0.05) is 18.2 Å². The maximum atomic E-state index is 9.20. The van der Waals surface area contributed by atoms with E-state index in [4.69, 9.17) is 4.74 Å². The number of nitrogens with one attached hydrogen (secondary N) is 1. The molecule has 0 amide bonds. The molecule has 0 saturated heterocycles. The lowest BCUT2D eigenvalue weighted by molar-refractivity contribution is 0.128. The molecule has 1 unspecified atom stereocenters. The lowest BCUT2D eigenvalue weighted by atomic mass is 10.1. The SMILES string of the molecule is COCC(CO)NCc1cccc2cnccc12. The summed E-state index contributed by atoms with van der Waals surface area (Å²) in [6.07, 6.45) is 3.65. The lowest BCUT2D eigenvalue weighted by Crippen LogP contribution is -2.35. The molecule has 1 atom stereocenters. The smallest absolute Gasteiger partial charge is 0.0638 e. The second kappa shape index (κ2) is 6.44. The van der Waals surface area contributed by atoms with Crippen molar-refractivity contribution in [3.8, 4) is 0 Å². The molecule has 4 nitrogen and oxygen atoms in total. The van der Waals surface area contributed by atoms with Crippen LogP contribution in [0, 0.1) is 0 Å². The third kappa shape index (κ3) is 3.04. The first-order chi connectivity index (χ1) is 8.85. The van der Waals surface area contributed by atoms with Gasteiger partial charge in [-0.2, -0.15) is 0 Å². The molecule has 1 aromatic carbocycles. The number of aliphatic hydroxyl groups is 1. The zero-order chi connectivity index (χ0) is 12.8. The van der Waals surface area contributed by atoms with Gasteiger partial charge < -0.3 is 15.2 Å². The quantitative estimate of drug-likeness (QED) is 0.807. The van der Waals surface area contributed by atoms with Crippen molar-refractivity contribution in [3.05, 3.63) is 42.2 Å². The van der Waals surface area contributed by atoms with Crippen LogP contribution in [0.25, 0.3) is 10.8 Å². The van der Waals surface area contributed by atoms with Gasteiger partial charge in [-0.05, 0) is 17.0 Å². The number of rotatable bonds is 6. The summed E-state index contributed by atoms with van der Waals surface area (Å²) in [6.45, 7) is 1.28. The Morgan fingerprint density at radius 1 is 1.39 bits per heavy atom. The van der Waals surface area contributed by atoms with Gasteiger partial charge in [-0.25, -0.2) is 0 Å². The molecule has 0 aliphatic rings. The average Bonchev–Trinajstić information content (AvgIpc) is 2.43. The molecular weight excluding hydrogens is 228 g/mol. The molecule has 2 N–H and O–H groups in total. The number of hydrogen-bond acceptors (Lipinski definition) is 4. The number of nitrogens with zero attached hydrogens (tertiary/aromatic N) is 1. The zero-order valence-corrected chi connectivity index (χ0v) is 10.5. The van der Waals surface area contributed by atoms with Crippen LogP contribution in [0.5, 0.6) is 0 Å². The second-order valence-electron chi connectivity index (χ2n) is 4.23. The molecule has 1 aromatic heterocycles. The van der Waals surface area contributed by atoms with Crippen molar-refractivity contribution < 1.29 is 9.84 Å². The summed E-state index contributed by atoms with van der Waals surface area (Å²) in [7, 11) is 1.63. The Hall–Kier alpha value is -1.49. The van der Waals surface area contributed by atoms with Gasteiger partial charge in [-0.15, -0.1) is 0 Å². The molecule has 18 heavy (non-hydrogen) atoms. The van der Waals surface area contributed by atoms with Gasteiger partial charge in [0.05, 0.1) is 19.3 Å². The standard InChI is InChI=1S/C14H18N2O2/c1-18-10-13(9-17)16-8-12-4-2-3-11-7-15-6-5-14(11)12/h2-7,13,16-17H,8-10H2,1H3. The maximum absolute atomic E-state index is 9.20. The van der Waals surface area contributed by atoms with Crippen molar-refractivity contribution in [2.45, 2.75) is 12.6 Å². The molecule has 4 heteroatoms. The monoisotopic (exact) mass is 246 g/mol. The highest BCUT2D eigenvalue weighted by Gasteiger charge is 2.07. The van der Waals surface area contributed by atoms with Gasteiger partial charge in [0.25, 0.3) is 0 Å². The number of benzene rings is 1. The molecule has 0 fully saturated rings. The van der Waals surface area contributed by atoms with Crippen molar-refractivity contribution in [3.63, 3.8) is 0 Å². The Kier molecular flexibility index (Phi) is 4.64. The molecule has 0 aliphatic carbocycles. The molecule has 0 bridgehead atoms. The second-order valence-corrected chi connectivity index (χ2v) is 4.23. The van der Waals surface area contributed by atoms with Crippen molar-refractivity contribution in [2.24, 2.45) is 0 Å². The maximum Gasteiger partial charge on any atom is 0.0638 e. The summed E-state index contributed by atoms with van der Waals surface area (Å²) in [5.74, 6) is 0. The van der Waals surface area contributed by atoms with Gasteiger partial charge in [0.2, 0.25) is 0 Å². The molecule has 0 radical (unpaired) electrons. The fourth-order valence-corrected chi connectivity index (χ4v) is 1.98. The molecule has 0 saturated carbocycles. The molecule has 0 spiro atoms. The fourth-order valence-electron chi connectivity index (χ4n) is 1.98. The van der Waals surface area contributed by atoms with Crippen LogP contribution in [0.2, 0.25) is 0 Å². The van der Waals surface area contributed by atoms with E-state index < -0.39 is 0 Å². The van der Waals surface area contributed by atoms with Crippen LogP contribution in [0.3, 0.4) is 0 Å². The van der Waals surface area contributed by atoms with E-state index in [0.29, 0.717) is 13.2 Å². The van der Waals surface area contributed by atoms with Gasteiger partial charge in [0.1, 0.15) is 0 Å². The van der Waals surface area contributed by atoms with E-state index in [1.54, 1.807) is 13.3 Å². The lowest BCUT2D eigenvalue weighted by Gasteiger charge is -2.16. The van der Waals surface area contributed by atoms with Gasteiger partial charge >= 0.3 is 0 Å². The van der Waals surface area contributed by atoms with E-state index in [1.165, 1.54) is 10.9 Å². The number of pyridine rings is 1. The van der Waals surface area contributed by atoms with Crippen LogP contribution in [-0.2, 0) is 11.3 Å². The summed E-state index contributed by atoms with van der Waals surface area (Å²) in [5.41, 5.74) is 1.20. The summed E-state index contributed by atoms with van der Waals surface area (Å²) >= 11 is 0. The number of fused-ring (bicyclic) bond motifs is 1. The molecule has 0 aliphatic heterocycles. The molecular formula is C14H18N2O2. The molecule has 96 valence electrons. The predicted octanol–water partition coefficient (Wildman–Crippen LogP) is 1.33. The summed E-state index contributed by atoms with van der Waals surface area (Å²) in [6, 6.07) is 8.12. The van der Waals surface area contributed by atoms with E-state index in [2.05, 4.69) is 16.4 Å². The Morgan fingerprint density at radius 2 is 2.28 bits per heavy atom. The number of ether oxygens (including phenoxy) is 1. The van der Waals surface area contributed by atoms with E-state index in [9.17, 15) is 5.11 Å². The minimum Gasteiger partial charge on any atom is -0.395 e. The minimum absolute atomic E-state index is 0.0351. The van der Waals surface area contributed by atoms with Gasteiger partial charge in [0.15, 0.2) is 0 Å². The molecule has 1 heterocycles. The van der Waals surface area contributed by atoms with Crippen molar-refractivity contribution >= 4 is 10.8 Å². The normalized spacial score (nSPS) is 12.8. The fraction of sp³-hybridized carbons (Fsp3) is 0.357. The first kappa shape index (κ1) is 13.0. The summed E-state index contributed by atoms with van der Waals surface area (Å²) in [4.78, 5) is 4.11. The van der Waals surface area contributed by atoms with E-state index >= 15 is 0 Å². The van der Waals surface area contributed by atoms with Gasteiger partial charge in [0, 0.05) is 31.4 Å². The zero-order valence-electron chi connectivity index (χ0n) is 10.5. The predicted molar refractivity (Wildman–Crippen MR) is 71.3 cm³/mol. The van der Waals surface area contributed by atoms with Crippen molar-refractivity contribution in [2.75, 3.05) is 20.3 Å². The van der Waals surface area contributed by atoms with Crippen LogP contribution in [-0.4, -0.2) is 36.5 Å². The highest BCUT2D eigenvalue weighted by atomic mass is 16.5. The largest absolute Gasteiger partial charge is 0.395 e. The summed E-state index contributed by atoms with van der Waals surface area (Å²) < 4.78 is 5.04. The number of aliphatic hydroxyl groups excluding tert-OH is 1. The van der Waals surface area contributed by atoms with Crippen LogP contribution >= 0.6 is 0 Å². The van der Waals surface area contributed by atoms with Crippen LogP contribution < -0.4 is 5.32 Å². The van der Waals surface area contributed by atoms with E-state index in [1.807, 2.05) is 24.4 Å². The molecule has 2 aromatic rings. The Balaban J connectivity index is 2.11. The average molecular weight is 246 g/mol. The highest BCUT2D eigenvalue weighted by molar-refractivity contribution is 5.84. The van der Waals surface area contributed by atoms with Crippen LogP contribution in [0.4, 0.5) is 0 Å². The Bertz CT molecular complexity index is 497. The van der Waals surface area contributed by atoms with Crippen molar-refractivity contribution in [1.82, 2.24) is 10.3 Å². The topological polar surface area (TPSA) is 54.4 Å². The highest BCUT2D eigenvalue weighted by Crippen LogP contribution is 2.17. The first-order valence-corrected chi connectivity index (χ1v) is 6.00. The van der Waals surface area contributed by atoms with Crippen LogP contribution in [0.1, 0.15) is 5.56 Å². The number of aromatic nitrogens is 1. The van der Waals surface area contributed by atoms with E-state index in [-0.39, 0.29) is 12.6 Å². The third-order valence-electron chi connectivity index (χ3n) is 2.94. The van der Waals surface area contributed by atoms with Gasteiger partial charge in [-0.3, -0.25) is 4.98 Å². The first-order valence-electron chi connectivity index (χ1n) is 6.00. The number of hydrogen-bond donors (Lipinski definition) is 2. The van der Waals surface area contributed by atoms with Crippen molar-refractivity contribution in [1.29, 1.82) is 0 Å². The van der Waals surface area contributed by atoms with E-state index in [0.717, 1.165) is 5.39 Å². The Morgan fingerprint density at radius 3 is 3.06 bits per heavy atom. The number of methoxy groups -OCH3 is 1. The molecule has 2 rings (SSSR count). The van der Waals surface area contributed by atoms with Crippen LogP contribution in [0.15, 0.2) is 36.7 Å². The Labute approximate surface area is 107 Å². The minimum atomic E-state index is -0.0351. The third-order valence-corrected chi connectivity index (χ3v) is 2.94.